The summed E-state index contributed by atoms with van der Waals surface area (Å²) in [4.78, 5) is 20.5. The third-order valence-electron chi connectivity index (χ3n) is 3.28. The van der Waals surface area contributed by atoms with Crippen LogP contribution in [0.5, 0.6) is 0 Å². The standard InChI is InChI=1S/C15H20N4O/c1-15(2,5-6-16)10-19-14(20)11-3-4-12-13(9-11)18-8-7-17-12/h3-4,7-9H,5-6,10,16H2,1-2H3,(H,19,20). The summed E-state index contributed by atoms with van der Waals surface area (Å²) >= 11 is 0. The molecule has 2 aromatic rings. The summed E-state index contributed by atoms with van der Waals surface area (Å²) in [6.45, 7) is 5.40. The first-order valence-electron chi connectivity index (χ1n) is 6.71. The Kier molecular flexibility index (Phi) is 4.29. The monoisotopic (exact) mass is 272 g/mol. The fourth-order valence-electron chi connectivity index (χ4n) is 2.01. The highest BCUT2D eigenvalue weighted by molar-refractivity contribution is 5.97. The van der Waals surface area contributed by atoms with Gasteiger partial charge in [0.25, 0.3) is 5.91 Å². The molecule has 2 rings (SSSR count). The van der Waals surface area contributed by atoms with Crippen molar-refractivity contribution in [3.63, 3.8) is 0 Å². The Hall–Kier alpha value is -2.01. The molecule has 0 spiro atoms. The van der Waals surface area contributed by atoms with Crippen LogP contribution in [0.15, 0.2) is 30.6 Å². The molecule has 0 saturated carbocycles. The maximum Gasteiger partial charge on any atom is 0.251 e. The number of nitrogens with two attached hydrogens (primary N) is 1. The molecular weight excluding hydrogens is 252 g/mol. The topological polar surface area (TPSA) is 80.9 Å². The molecule has 0 fully saturated rings. The molecule has 1 aromatic carbocycles. The molecule has 0 atom stereocenters. The fourth-order valence-corrected chi connectivity index (χ4v) is 2.01. The average Bonchev–Trinajstić information content (AvgIpc) is 2.44. The van der Waals surface area contributed by atoms with E-state index in [-0.39, 0.29) is 11.3 Å². The molecule has 1 aromatic heterocycles. The van der Waals surface area contributed by atoms with Gasteiger partial charge in [-0.3, -0.25) is 14.8 Å². The van der Waals surface area contributed by atoms with Crippen LogP contribution in [0.1, 0.15) is 30.6 Å². The molecule has 0 aliphatic carbocycles. The van der Waals surface area contributed by atoms with Crippen molar-refractivity contribution in [2.75, 3.05) is 13.1 Å². The number of amides is 1. The zero-order chi connectivity index (χ0) is 14.6. The Morgan fingerprint density at radius 2 is 1.95 bits per heavy atom. The van der Waals surface area contributed by atoms with Crippen molar-refractivity contribution in [3.05, 3.63) is 36.2 Å². The van der Waals surface area contributed by atoms with Gasteiger partial charge in [0.15, 0.2) is 0 Å². The molecule has 106 valence electrons. The van der Waals surface area contributed by atoms with E-state index in [0.29, 0.717) is 18.7 Å². The lowest BCUT2D eigenvalue weighted by Gasteiger charge is -2.24. The highest BCUT2D eigenvalue weighted by atomic mass is 16.1. The van der Waals surface area contributed by atoms with E-state index in [1.165, 1.54) is 0 Å². The molecule has 5 nitrogen and oxygen atoms in total. The van der Waals surface area contributed by atoms with Crippen molar-refractivity contribution >= 4 is 16.9 Å². The SMILES string of the molecule is CC(C)(CCN)CNC(=O)c1ccc2nccnc2c1. The van der Waals surface area contributed by atoms with Crippen LogP contribution in [0.2, 0.25) is 0 Å². The molecule has 1 amide bonds. The molecule has 0 bridgehead atoms. The summed E-state index contributed by atoms with van der Waals surface area (Å²) in [5.74, 6) is -0.0948. The molecule has 0 saturated heterocycles. The molecular formula is C15H20N4O. The van der Waals surface area contributed by atoms with E-state index >= 15 is 0 Å². The minimum Gasteiger partial charge on any atom is -0.352 e. The lowest BCUT2D eigenvalue weighted by Crippen LogP contribution is -2.35. The van der Waals surface area contributed by atoms with Gasteiger partial charge in [0.1, 0.15) is 0 Å². The van der Waals surface area contributed by atoms with E-state index < -0.39 is 0 Å². The van der Waals surface area contributed by atoms with Gasteiger partial charge in [0.2, 0.25) is 0 Å². The quantitative estimate of drug-likeness (QED) is 0.868. The Morgan fingerprint density at radius 3 is 2.65 bits per heavy atom. The van der Waals surface area contributed by atoms with E-state index in [1.807, 2.05) is 6.07 Å². The normalized spacial score (nSPS) is 11.6. The van der Waals surface area contributed by atoms with Crippen molar-refractivity contribution in [2.24, 2.45) is 11.1 Å². The van der Waals surface area contributed by atoms with Crippen LogP contribution in [0.25, 0.3) is 11.0 Å². The molecule has 3 N–H and O–H groups in total. The van der Waals surface area contributed by atoms with Crippen LogP contribution in [-0.2, 0) is 0 Å². The summed E-state index contributed by atoms with van der Waals surface area (Å²) in [6.07, 6.45) is 4.13. The number of hydrogen-bond donors (Lipinski definition) is 2. The zero-order valence-electron chi connectivity index (χ0n) is 11.9. The number of fused-ring (bicyclic) bond motifs is 1. The minimum absolute atomic E-state index is 0.00106. The number of carbonyl (C=O) groups is 1. The van der Waals surface area contributed by atoms with E-state index in [9.17, 15) is 4.79 Å². The number of nitrogens with zero attached hydrogens (tertiary/aromatic N) is 2. The smallest absolute Gasteiger partial charge is 0.251 e. The summed E-state index contributed by atoms with van der Waals surface area (Å²) in [6, 6.07) is 5.33. The summed E-state index contributed by atoms with van der Waals surface area (Å²) in [7, 11) is 0. The van der Waals surface area contributed by atoms with Crippen LogP contribution >= 0.6 is 0 Å². The maximum atomic E-state index is 12.1. The number of rotatable bonds is 5. The highest BCUT2D eigenvalue weighted by Crippen LogP contribution is 2.18. The summed E-state index contributed by atoms with van der Waals surface area (Å²) in [5, 5.41) is 2.95. The first-order valence-corrected chi connectivity index (χ1v) is 6.71. The average molecular weight is 272 g/mol. The second-order valence-corrected chi connectivity index (χ2v) is 5.65. The first kappa shape index (κ1) is 14.4. The van der Waals surface area contributed by atoms with Crippen LogP contribution in [-0.4, -0.2) is 29.0 Å². The van der Waals surface area contributed by atoms with Gasteiger partial charge in [-0.15, -0.1) is 0 Å². The second-order valence-electron chi connectivity index (χ2n) is 5.65. The molecule has 0 radical (unpaired) electrons. The van der Waals surface area contributed by atoms with Crippen molar-refractivity contribution in [1.29, 1.82) is 0 Å². The van der Waals surface area contributed by atoms with Crippen LogP contribution in [0.3, 0.4) is 0 Å². The number of carbonyl (C=O) groups excluding carboxylic acids is 1. The summed E-state index contributed by atoms with van der Waals surface area (Å²) < 4.78 is 0. The van der Waals surface area contributed by atoms with Gasteiger partial charge in [0.05, 0.1) is 11.0 Å². The molecule has 0 aliphatic rings. The van der Waals surface area contributed by atoms with Gasteiger partial charge in [-0.2, -0.15) is 0 Å². The van der Waals surface area contributed by atoms with Gasteiger partial charge in [-0.25, -0.2) is 0 Å². The predicted molar refractivity (Wildman–Crippen MR) is 79.3 cm³/mol. The van der Waals surface area contributed by atoms with E-state index in [0.717, 1.165) is 17.5 Å². The largest absolute Gasteiger partial charge is 0.352 e. The lowest BCUT2D eigenvalue weighted by atomic mass is 9.89. The number of aromatic nitrogens is 2. The van der Waals surface area contributed by atoms with Crippen LogP contribution in [0, 0.1) is 5.41 Å². The van der Waals surface area contributed by atoms with Crippen molar-refractivity contribution in [1.82, 2.24) is 15.3 Å². The Bertz CT molecular complexity index is 610. The predicted octanol–water partition coefficient (Wildman–Crippen LogP) is 1.73. The Labute approximate surface area is 118 Å². The molecule has 20 heavy (non-hydrogen) atoms. The van der Waals surface area contributed by atoms with Crippen molar-refractivity contribution in [2.45, 2.75) is 20.3 Å². The molecule has 1 heterocycles. The van der Waals surface area contributed by atoms with E-state index in [1.54, 1.807) is 24.5 Å². The van der Waals surface area contributed by atoms with Crippen molar-refractivity contribution < 1.29 is 4.79 Å². The number of benzene rings is 1. The van der Waals surface area contributed by atoms with Gasteiger partial charge in [-0.05, 0) is 36.6 Å². The zero-order valence-corrected chi connectivity index (χ0v) is 11.9. The van der Waals surface area contributed by atoms with Gasteiger partial charge >= 0.3 is 0 Å². The first-order chi connectivity index (χ1) is 9.52. The van der Waals surface area contributed by atoms with Gasteiger partial charge in [-0.1, -0.05) is 13.8 Å². The van der Waals surface area contributed by atoms with E-state index in [4.69, 9.17) is 5.73 Å². The van der Waals surface area contributed by atoms with Crippen LogP contribution < -0.4 is 11.1 Å². The van der Waals surface area contributed by atoms with Gasteiger partial charge in [0, 0.05) is 24.5 Å². The number of nitrogens with one attached hydrogen (secondary N) is 1. The summed E-state index contributed by atoms with van der Waals surface area (Å²) in [5.41, 5.74) is 7.67. The highest BCUT2D eigenvalue weighted by Gasteiger charge is 2.18. The molecule has 0 aliphatic heterocycles. The lowest BCUT2D eigenvalue weighted by molar-refractivity contribution is 0.0935. The second kappa shape index (κ2) is 5.96. The van der Waals surface area contributed by atoms with Gasteiger partial charge < -0.3 is 11.1 Å². The van der Waals surface area contributed by atoms with Crippen molar-refractivity contribution in [3.8, 4) is 0 Å². The fraction of sp³-hybridized carbons (Fsp3) is 0.400. The third kappa shape index (κ3) is 3.51. The van der Waals surface area contributed by atoms with E-state index in [2.05, 4.69) is 29.1 Å². The maximum absolute atomic E-state index is 12.1. The molecule has 0 unspecified atom stereocenters. The minimum atomic E-state index is -0.0948. The third-order valence-corrected chi connectivity index (χ3v) is 3.28. The molecule has 5 heteroatoms. The van der Waals surface area contributed by atoms with Crippen LogP contribution in [0.4, 0.5) is 0 Å². The number of hydrogen-bond acceptors (Lipinski definition) is 4. The Morgan fingerprint density at radius 1 is 1.25 bits per heavy atom. The Balaban J connectivity index is 2.08.